The number of rotatable bonds is 4. The van der Waals surface area contributed by atoms with Crippen molar-refractivity contribution in [1.29, 1.82) is 5.26 Å². The molecular formula is C14H18FN3. The Labute approximate surface area is 107 Å². The number of nitriles is 1. The van der Waals surface area contributed by atoms with Gasteiger partial charge in [-0.2, -0.15) is 5.26 Å². The van der Waals surface area contributed by atoms with Crippen LogP contribution in [0.5, 0.6) is 0 Å². The molecule has 0 N–H and O–H groups in total. The molecule has 0 spiro atoms. The zero-order valence-electron chi connectivity index (χ0n) is 10.6. The summed E-state index contributed by atoms with van der Waals surface area (Å²) in [5.74, 6) is -0.176. The molecule has 0 radical (unpaired) electrons. The number of likely N-dealkylation sites (tertiary alicyclic amines) is 1. The molecule has 1 unspecified atom stereocenters. The smallest absolute Gasteiger partial charge is 0.123 e. The number of hydrogen-bond acceptors (Lipinski definition) is 3. The molecule has 1 aliphatic heterocycles. The van der Waals surface area contributed by atoms with Gasteiger partial charge in [0.15, 0.2) is 0 Å². The predicted molar refractivity (Wildman–Crippen MR) is 68.3 cm³/mol. The van der Waals surface area contributed by atoms with Crippen LogP contribution in [0.2, 0.25) is 0 Å². The number of likely N-dealkylation sites (N-methyl/N-ethyl adjacent to an activating group) is 1. The van der Waals surface area contributed by atoms with E-state index in [1.807, 2.05) is 13.1 Å². The van der Waals surface area contributed by atoms with Crippen molar-refractivity contribution in [3.63, 3.8) is 0 Å². The summed E-state index contributed by atoms with van der Waals surface area (Å²) in [5, 5.41) is 8.68. The summed E-state index contributed by atoms with van der Waals surface area (Å²) in [6.45, 7) is 3.22. The lowest BCUT2D eigenvalue weighted by atomic mass is 10.2. The van der Waals surface area contributed by atoms with Crippen molar-refractivity contribution < 1.29 is 4.39 Å². The van der Waals surface area contributed by atoms with Crippen molar-refractivity contribution >= 4 is 0 Å². The van der Waals surface area contributed by atoms with Crippen molar-refractivity contribution in [2.24, 2.45) is 0 Å². The summed E-state index contributed by atoms with van der Waals surface area (Å²) in [7, 11) is 1.99. The van der Waals surface area contributed by atoms with E-state index in [1.54, 1.807) is 12.1 Å². The van der Waals surface area contributed by atoms with E-state index in [2.05, 4.69) is 15.9 Å². The first-order valence-corrected chi connectivity index (χ1v) is 6.23. The zero-order valence-corrected chi connectivity index (χ0v) is 10.6. The van der Waals surface area contributed by atoms with Gasteiger partial charge in [0, 0.05) is 25.7 Å². The van der Waals surface area contributed by atoms with Crippen molar-refractivity contribution in [2.45, 2.75) is 19.0 Å². The summed E-state index contributed by atoms with van der Waals surface area (Å²) < 4.78 is 13.1. The first-order valence-electron chi connectivity index (χ1n) is 6.23. The molecule has 1 heterocycles. The van der Waals surface area contributed by atoms with Gasteiger partial charge in [-0.25, -0.2) is 4.39 Å². The van der Waals surface area contributed by atoms with Gasteiger partial charge in [-0.05, 0) is 31.2 Å². The minimum Gasteiger partial charge on any atom is -0.297 e. The lowest BCUT2D eigenvalue weighted by Crippen LogP contribution is -2.34. The summed E-state index contributed by atoms with van der Waals surface area (Å²) in [6, 6.07) is 9.38. The Hall–Kier alpha value is -1.44. The first-order chi connectivity index (χ1) is 8.69. The molecule has 1 aromatic rings. The molecule has 0 bridgehead atoms. The van der Waals surface area contributed by atoms with Crippen LogP contribution in [0.4, 0.5) is 4.39 Å². The monoisotopic (exact) mass is 247 g/mol. The van der Waals surface area contributed by atoms with Crippen LogP contribution in [0, 0.1) is 17.1 Å². The SMILES string of the molecule is CN(CC#N)C1CCN(Cc2cccc(F)c2)C1. The second-order valence-corrected chi connectivity index (χ2v) is 4.88. The molecule has 0 aliphatic carbocycles. The van der Waals surface area contributed by atoms with E-state index in [0.717, 1.165) is 31.6 Å². The summed E-state index contributed by atoms with van der Waals surface area (Å²) in [6.07, 6.45) is 1.08. The number of halogens is 1. The van der Waals surface area contributed by atoms with E-state index in [4.69, 9.17) is 5.26 Å². The molecule has 1 aromatic carbocycles. The molecule has 0 aromatic heterocycles. The van der Waals surface area contributed by atoms with E-state index in [1.165, 1.54) is 6.07 Å². The Morgan fingerprint density at radius 1 is 1.56 bits per heavy atom. The van der Waals surface area contributed by atoms with Crippen LogP contribution in [0.1, 0.15) is 12.0 Å². The van der Waals surface area contributed by atoms with Crippen molar-refractivity contribution in [2.75, 3.05) is 26.7 Å². The summed E-state index contributed by atoms with van der Waals surface area (Å²) in [5.41, 5.74) is 1.01. The number of benzene rings is 1. The van der Waals surface area contributed by atoms with Crippen molar-refractivity contribution in [3.05, 3.63) is 35.6 Å². The van der Waals surface area contributed by atoms with Gasteiger partial charge in [-0.15, -0.1) is 0 Å². The lowest BCUT2D eigenvalue weighted by molar-refractivity contribution is 0.249. The third-order valence-corrected chi connectivity index (χ3v) is 3.49. The maximum atomic E-state index is 13.1. The van der Waals surface area contributed by atoms with Gasteiger partial charge < -0.3 is 0 Å². The van der Waals surface area contributed by atoms with Crippen molar-refractivity contribution in [1.82, 2.24) is 9.80 Å². The Bertz CT molecular complexity index is 441. The predicted octanol–water partition coefficient (Wildman–Crippen LogP) is 1.86. The minimum atomic E-state index is -0.176. The summed E-state index contributed by atoms with van der Waals surface area (Å²) in [4.78, 5) is 4.40. The standard InChI is InChI=1S/C14H18FN3/c1-17(8-6-16)14-5-7-18(11-14)10-12-3-2-4-13(15)9-12/h2-4,9,14H,5,7-8,10-11H2,1H3. The van der Waals surface area contributed by atoms with E-state index in [-0.39, 0.29) is 5.82 Å². The van der Waals surface area contributed by atoms with Crippen LogP contribution in [-0.2, 0) is 6.54 Å². The molecular weight excluding hydrogens is 229 g/mol. The molecule has 1 atom stereocenters. The van der Waals surface area contributed by atoms with E-state index < -0.39 is 0 Å². The highest BCUT2D eigenvalue weighted by molar-refractivity contribution is 5.16. The molecule has 1 aliphatic rings. The highest BCUT2D eigenvalue weighted by Gasteiger charge is 2.25. The zero-order chi connectivity index (χ0) is 13.0. The van der Waals surface area contributed by atoms with E-state index in [9.17, 15) is 4.39 Å². The fourth-order valence-electron chi connectivity index (χ4n) is 2.45. The van der Waals surface area contributed by atoms with Gasteiger partial charge in [0.25, 0.3) is 0 Å². The third kappa shape index (κ3) is 3.28. The average Bonchev–Trinajstić information content (AvgIpc) is 2.78. The van der Waals surface area contributed by atoms with Crippen LogP contribution >= 0.6 is 0 Å². The van der Waals surface area contributed by atoms with Crippen LogP contribution in [-0.4, -0.2) is 42.5 Å². The number of hydrogen-bond donors (Lipinski definition) is 0. The van der Waals surface area contributed by atoms with Gasteiger partial charge in [0.1, 0.15) is 5.82 Å². The molecule has 1 fully saturated rings. The Kier molecular flexibility index (Phi) is 4.29. The second kappa shape index (κ2) is 5.94. The molecule has 18 heavy (non-hydrogen) atoms. The van der Waals surface area contributed by atoms with E-state index in [0.29, 0.717) is 12.6 Å². The molecule has 96 valence electrons. The molecule has 0 amide bonds. The maximum absolute atomic E-state index is 13.1. The minimum absolute atomic E-state index is 0.176. The molecule has 0 saturated carbocycles. The molecule has 3 nitrogen and oxygen atoms in total. The summed E-state index contributed by atoms with van der Waals surface area (Å²) >= 11 is 0. The van der Waals surface area contributed by atoms with Gasteiger partial charge >= 0.3 is 0 Å². The Balaban J connectivity index is 1.88. The van der Waals surface area contributed by atoms with Crippen molar-refractivity contribution in [3.8, 4) is 6.07 Å². The molecule has 2 rings (SSSR count). The molecule has 4 heteroatoms. The van der Waals surface area contributed by atoms with Crippen LogP contribution in [0.15, 0.2) is 24.3 Å². The quantitative estimate of drug-likeness (QED) is 0.761. The van der Waals surface area contributed by atoms with Crippen LogP contribution in [0.25, 0.3) is 0 Å². The van der Waals surface area contributed by atoms with E-state index >= 15 is 0 Å². The van der Waals surface area contributed by atoms with Gasteiger partial charge in [0.05, 0.1) is 12.6 Å². The largest absolute Gasteiger partial charge is 0.297 e. The van der Waals surface area contributed by atoms with Crippen LogP contribution in [0.3, 0.4) is 0 Å². The van der Waals surface area contributed by atoms with Gasteiger partial charge in [-0.1, -0.05) is 12.1 Å². The highest BCUT2D eigenvalue weighted by Crippen LogP contribution is 2.17. The third-order valence-electron chi connectivity index (χ3n) is 3.49. The molecule has 1 saturated heterocycles. The normalized spacial score (nSPS) is 20.2. The second-order valence-electron chi connectivity index (χ2n) is 4.88. The fourth-order valence-corrected chi connectivity index (χ4v) is 2.45. The van der Waals surface area contributed by atoms with Crippen LogP contribution < -0.4 is 0 Å². The maximum Gasteiger partial charge on any atom is 0.123 e. The highest BCUT2D eigenvalue weighted by atomic mass is 19.1. The van der Waals surface area contributed by atoms with Gasteiger partial charge in [-0.3, -0.25) is 9.80 Å². The first kappa shape index (κ1) is 13.0. The van der Waals surface area contributed by atoms with Gasteiger partial charge in [0.2, 0.25) is 0 Å². The average molecular weight is 247 g/mol. The fraction of sp³-hybridized carbons (Fsp3) is 0.500. The number of nitrogens with zero attached hydrogens (tertiary/aromatic N) is 3. The Morgan fingerprint density at radius 2 is 2.39 bits per heavy atom. The lowest BCUT2D eigenvalue weighted by Gasteiger charge is -2.22. The topological polar surface area (TPSA) is 30.3 Å². The Morgan fingerprint density at radius 3 is 3.11 bits per heavy atom.